The molecule has 1 aliphatic heterocycles. The van der Waals surface area contributed by atoms with E-state index in [0.29, 0.717) is 5.56 Å². The lowest BCUT2D eigenvalue weighted by Gasteiger charge is -2.25. The van der Waals surface area contributed by atoms with Gasteiger partial charge in [0.1, 0.15) is 6.61 Å². The third-order valence-electron chi connectivity index (χ3n) is 3.53. The van der Waals surface area contributed by atoms with Crippen LogP contribution in [0.3, 0.4) is 0 Å². The van der Waals surface area contributed by atoms with E-state index in [0.717, 1.165) is 5.69 Å². The number of ketones is 1. The molecular weight excluding hydrogens is 246 g/mol. The minimum Gasteiger partial charge on any atom is -0.468 e. The second-order valence-corrected chi connectivity index (χ2v) is 4.63. The number of benzene rings is 1. The first-order valence-corrected chi connectivity index (χ1v) is 5.99. The third kappa shape index (κ3) is 1.90. The fourth-order valence-corrected chi connectivity index (χ4v) is 2.65. The first kappa shape index (κ1) is 13.5. The van der Waals surface area contributed by atoms with Crippen LogP contribution >= 0.6 is 0 Å². The van der Waals surface area contributed by atoms with Gasteiger partial charge in [0.15, 0.2) is 11.2 Å². The molecule has 0 amide bonds. The Hall–Kier alpha value is -1.88. The van der Waals surface area contributed by atoms with Gasteiger partial charge in [-0.15, -0.1) is 0 Å². The number of esters is 1. The number of hydrogen-bond acceptors (Lipinski definition) is 5. The molecule has 1 heterocycles. The Bertz CT molecular complexity index is 514. The van der Waals surface area contributed by atoms with Crippen molar-refractivity contribution in [2.75, 3.05) is 39.3 Å². The van der Waals surface area contributed by atoms with Crippen molar-refractivity contribution in [1.82, 2.24) is 0 Å². The highest BCUT2D eigenvalue weighted by Crippen LogP contribution is 2.41. The van der Waals surface area contributed by atoms with Crippen LogP contribution in [-0.2, 0) is 24.5 Å². The molecule has 1 atom stereocenters. The number of nitrogens with zero attached hydrogens (tertiary/aromatic N) is 1. The minimum absolute atomic E-state index is 0.114. The van der Waals surface area contributed by atoms with Gasteiger partial charge in [-0.05, 0) is 6.07 Å². The van der Waals surface area contributed by atoms with Gasteiger partial charge in [-0.25, -0.2) is 0 Å². The summed E-state index contributed by atoms with van der Waals surface area (Å²) in [6.45, 7) is 0.165. The van der Waals surface area contributed by atoms with Gasteiger partial charge in [0.05, 0.1) is 7.11 Å². The second kappa shape index (κ2) is 5.01. The molecule has 102 valence electrons. The molecule has 1 aromatic carbocycles. The summed E-state index contributed by atoms with van der Waals surface area (Å²) in [6.07, 6.45) is 0. The molecule has 0 saturated heterocycles. The van der Waals surface area contributed by atoms with Gasteiger partial charge in [0.2, 0.25) is 0 Å². The molecule has 19 heavy (non-hydrogen) atoms. The maximum atomic E-state index is 12.4. The number of Topliss-reactive ketones (excluding diaryl/α,β-unsaturated/α-hetero) is 1. The van der Waals surface area contributed by atoms with Crippen LogP contribution in [0.15, 0.2) is 24.3 Å². The molecule has 0 saturated carbocycles. The molecular formula is C14H17NO4. The van der Waals surface area contributed by atoms with Crippen LogP contribution in [0.1, 0.15) is 5.56 Å². The molecule has 5 nitrogen and oxygen atoms in total. The summed E-state index contributed by atoms with van der Waals surface area (Å²) in [5, 5.41) is 0. The minimum atomic E-state index is -1.28. The van der Waals surface area contributed by atoms with Crippen LogP contribution in [0.25, 0.3) is 0 Å². The highest BCUT2D eigenvalue weighted by Gasteiger charge is 2.54. The summed E-state index contributed by atoms with van der Waals surface area (Å²) in [5.41, 5.74) is 0.277. The standard InChI is InChI=1S/C14H17NO4/c1-15-9-14(13(17)19-3,12(16)8-18-2)10-6-4-5-7-11(10)15/h4-7H,8-9H2,1-3H3. The number of rotatable bonds is 4. The molecule has 1 unspecified atom stereocenters. The Morgan fingerprint density at radius 1 is 1.32 bits per heavy atom. The maximum absolute atomic E-state index is 12.4. The van der Waals surface area contributed by atoms with Crippen LogP contribution in [-0.4, -0.2) is 46.2 Å². The zero-order valence-corrected chi connectivity index (χ0v) is 11.3. The van der Waals surface area contributed by atoms with Gasteiger partial charge >= 0.3 is 5.97 Å². The van der Waals surface area contributed by atoms with Crippen molar-refractivity contribution in [3.8, 4) is 0 Å². The van der Waals surface area contributed by atoms with Crippen molar-refractivity contribution >= 4 is 17.4 Å². The van der Waals surface area contributed by atoms with E-state index in [1.54, 1.807) is 6.07 Å². The average Bonchev–Trinajstić information content (AvgIpc) is 2.73. The van der Waals surface area contributed by atoms with Crippen molar-refractivity contribution in [3.05, 3.63) is 29.8 Å². The SMILES string of the molecule is COCC(=O)C1(C(=O)OC)CN(C)c2ccccc21. The summed E-state index contributed by atoms with van der Waals surface area (Å²) < 4.78 is 9.78. The van der Waals surface area contributed by atoms with Crippen molar-refractivity contribution in [2.45, 2.75) is 5.41 Å². The van der Waals surface area contributed by atoms with E-state index in [4.69, 9.17) is 9.47 Å². The van der Waals surface area contributed by atoms with Crippen molar-refractivity contribution in [3.63, 3.8) is 0 Å². The Morgan fingerprint density at radius 2 is 2.00 bits per heavy atom. The molecule has 5 heteroatoms. The molecule has 2 rings (SSSR count). The molecule has 0 N–H and O–H groups in total. The molecule has 0 aromatic heterocycles. The van der Waals surface area contributed by atoms with Crippen LogP contribution in [0.5, 0.6) is 0 Å². The summed E-state index contributed by atoms with van der Waals surface area (Å²) >= 11 is 0. The van der Waals surface area contributed by atoms with E-state index in [-0.39, 0.29) is 18.9 Å². The van der Waals surface area contributed by atoms with Crippen molar-refractivity contribution in [2.24, 2.45) is 0 Å². The highest BCUT2D eigenvalue weighted by molar-refractivity contribution is 6.13. The topological polar surface area (TPSA) is 55.8 Å². The quantitative estimate of drug-likeness (QED) is 0.593. The lowest BCUT2D eigenvalue weighted by molar-refractivity contribution is -0.152. The fraction of sp³-hybridized carbons (Fsp3) is 0.429. The zero-order chi connectivity index (χ0) is 14.0. The predicted molar refractivity (Wildman–Crippen MR) is 70.3 cm³/mol. The van der Waals surface area contributed by atoms with Gasteiger partial charge in [0, 0.05) is 32.0 Å². The highest BCUT2D eigenvalue weighted by atomic mass is 16.5. The molecule has 0 fully saturated rings. The summed E-state index contributed by atoms with van der Waals surface area (Å²) in [4.78, 5) is 26.5. The zero-order valence-electron chi connectivity index (χ0n) is 11.3. The Labute approximate surface area is 112 Å². The number of carbonyl (C=O) groups is 2. The lowest BCUT2D eigenvalue weighted by atomic mass is 9.78. The third-order valence-corrected chi connectivity index (χ3v) is 3.53. The number of hydrogen-bond donors (Lipinski definition) is 0. The number of ether oxygens (including phenoxy) is 2. The Kier molecular flexibility index (Phi) is 3.57. The predicted octanol–water partition coefficient (Wildman–Crippen LogP) is 0.763. The first-order valence-electron chi connectivity index (χ1n) is 5.99. The maximum Gasteiger partial charge on any atom is 0.325 e. The Morgan fingerprint density at radius 3 is 2.63 bits per heavy atom. The summed E-state index contributed by atoms with van der Waals surface area (Å²) in [5.74, 6) is -0.815. The number of likely N-dealkylation sites (N-methyl/N-ethyl adjacent to an activating group) is 1. The lowest BCUT2D eigenvalue weighted by Crippen LogP contribution is -2.49. The molecule has 0 spiro atoms. The number of carbonyl (C=O) groups excluding carboxylic acids is 2. The number of para-hydroxylation sites is 1. The first-order chi connectivity index (χ1) is 9.07. The van der Waals surface area contributed by atoms with Crippen LogP contribution in [0.4, 0.5) is 5.69 Å². The summed E-state index contributed by atoms with van der Waals surface area (Å²) in [7, 11) is 4.59. The van der Waals surface area contributed by atoms with Gasteiger partial charge in [-0.2, -0.15) is 0 Å². The van der Waals surface area contributed by atoms with E-state index in [2.05, 4.69) is 0 Å². The second-order valence-electron chi connectivity index (χ2n) is 4.63. The molecule has 0 aliphatic carbocycles. The van der Waals surface area contributed by atoms with Crippen LogP contribution in [0.2, 0.25) is 0 Å². The largest absolute Gasteiger partial charge is 0.468 e. The van der Waals surface area contributed by atoms with E-state index in [1.807, 2.05) is 30.1 Å². The molecule has 0 radical (unpaired) electrons. The van der Waals surface area contributed by atoms with E-state index in [9.17, 15) is 9.59 Å². The molecule has 1 aliphatic rings. The number of anilines is 1. The van der Waals surface area contributed by atoms with Gasteiger partial charge < -0.3 is 14.4 Å². The fourth-order valence-electron chi connectivity index (χ4n) is 2.65. The van der Waals surface area contributed by atoms with Crippen molar-refractivity contribution in [1.29, 1.82) is 0 Å². The van der Waals surface area contributed by atoms with Crippen LogP contribution < -0.4 is 4.90 Å². The normalized spacial score (nSPS) is 21.1. The average molecular weight is 263 g/mol. The van der Waals surface area contributed by atoms with Gasteiger partial charge in [-0.1, -0.05) is 18.2 Å². The molecule has 1 aromatic rings. The van der Waals surface area contributed by atoms with E-state index in [1.165, 1.54) is 14.2 Å². The summed E-state index contributed by atoms with van der Waals surface area (Å²) in [6, 6.07) is 7.38. The van der Waals surface area contributed by atoms with Gasteiger partial charge in [0.25, 0.3) is 0 Å². The molecule has 0 bridgehead atoms. The van der Waals surface area contributed by atoms with Gasteiger partial charge in [-0.3, -0.25) is 9.59 Å². The Balaban J connectivity index is 2.58. The number of fused-ring (bicyclic) bond motifs is 1. The smallest absolute Gasteiger partial charge is 0.325 e. The van der Waals surface area contributed by atoms with Crippen molar-refractivity contribution < 1.29 is 19.1 Å². The monoisotopic (exact) mass is 263 g/mol. The van der Waals surface area contributed by atoms with E-state index >= 15 is 0 Å². The van der Waals surface area contributed by atoms with Crippen LogP contribution in [0, 0.1) is 0 Å². The van der Waals surface area contributed by atoms with E-state index < -0.39 is 11.4 Å². The number of methoxy groups -OCH3 is 2.